The van der Waals surface area contributed by atoms with Gasteiger partial charge in [0, 0.05) is 6.04 Å². The lowest BCUT2D eigenvalue weighted by Gasteiger charge is -2.17. The lowest BCUT2D eigenvalue weighted by molar-refractivity contribution is 0.441. The first kappa shape index (κ1) is 13.4. The third-order valence-corrected chi connectivity index (χ3v) is 3.79. The van der Waals surface area contributed by atoms with Crippen LogP contribution in [0.4, 0.5) is 0 Å². The van der Waals surface area contributed by atoms with Crippen molar-refractivity contribution in [3.05, 3.63) is 58.0 Å². The fourth-order valence-electron chi connectivity index (χ4n) is 1.96. The van der Waals surface area contributed by atoms with Gasteiger partial charge in [-0.1, -0.05) is 36.8 Å². The van der Waals surface area contributed by atoms with Crippen molar-refractivity contribution in [3.63, 3.8) is 0 Å². The van der Waals surface area contributed by atoms with Crippen LogP contribution >= 0.6 is 15.9 Å². The molecule has 0 spiro atoms. The Bertz CT molecular complexity index is 489. The van der Waals surface area contributed by atoms with Crippen LogP contribution in [0, 0.1) is 6.92 Å². The smallest absolute Gasteiger partial charge is 0.131 e. The van der Waals surface area contributed by atoms with Gasteiger partial charge in [0.1, 0.15) is 5.76 Å². The lowest BCUT2D eigenvalue weighted by Crippen LogP contribution is -2.20. The molecule has 0 saturated heterocycles. The fourth-order valence-corrected chi connectivity index (χ4v) is 2.31. The fraction of sp³-hybridized carbons (Fsp3) is 0.333. The average Bonchev–Trinajstić information content (AvgIpc) is 2.78. The Kier molecular flexibility index (Phi) is 4.61. The Morgan fingerprint density at radius 1 is 1.22 bits per heavy atom. The maximum Gasteiger partial charge on any atom is 0.131 e. The van der Waals surface area contributed by atoms with Crippen molar-refractivity contribution in [2.75, 3.05) is 0 Å². The van der Waals surface area contributed by atoms with Crippen molar-refractivity contribution < 1.29 is 4.42 Å². The topological polar surface area (TPSA) is 25.2 Å². The van der Waals surface area contributed by atoms with Gasteiger partial charge in [0.2, 0.25) is 0 Å². The number of aryl methyl sites for hydroxylation is 1. The molecule has 1 N–H and O–H groups in total. The van der Waals surface area contributed by atoms with E-state index in [1.807, 2.05) is 6.07 Å². The van der Waals surface area contributed by atoms with E-state index in [4.69, 9.17) is 4.42 Å². The van der Waals surface area contributed by atoms with Crippen molar-refractivity contribution in [2.24, 2.45) is 0 Å². The van der Waals surface area contributed by atoms with Crippen molar-refractivity contribution in [1.82, 2.24) is 5.32 Å². The van der Waals surface area contributed by atoms with Gasteiger partial charge < -0.3 is 9.73 Å². The van der Waals surface area contributed by atoms with Crippen LogP contribution in [-0.4, -0.2) is 0 Å². The number of nitrogens with one attached hydrogen (secondary N) is 1. The van der Waals surface area contributed by atoms with E-state index in [9.17, 15) is 0 Å². The molecule has 0 aliphatic carbocycles. The van der Waals surface area contributed by atoms with E-state index in [1.54, 1.807) is 6.26 Å². The quantitative estimate of drug-likeness (QED) is 0.874. The van der Waals surface area contributed by atoms with Crippen LogP contribution in [0.15, 0.2) is 45.5 Å². The van der Waals surface area contributed by atoms with Crippen LogP contribution in [0.1, 0.15) is 36.3 Å². The molecule has 96 valence electrons. The molecule has 0 radical (unpaired) electrons. The SMILES string of the molecule is CCC(NCc1occc1Br)c1ccc(C)cc1. The van der Waals surface area contributed by atoms with Gasteiger partial charge in [-0.3, -0.25) is 0 Å². The first-order valence-electron chi connectivity index (χ1n) is 6.22. The van der Waals surface area contributed by atoms with Gasteiger partial charge in [0.05, 0.1) is 17.3 Å². The van der Waals surface area contributed by atoms with Crippen LogP contribution in [-0.2, 0) is 6.54 Å². The summed E-state index contributed by atoms with van der Waals surface area (Å²) in [5, 5.41) is 3.52. The average molecular weight is 308 g/mol. The van der Waals surface area contributed by atoms with Crippen molar-refractivity contribution in [1.29, 1.82) is 0 Å². The number of halogens is 1. The minimum absolute atomic E-state index is 0.364. The van der Waals surface area contributed by atoms with Crippen LogP contribution in [0.3, 0.4) is 0 Å². The zero-order valence-electron chi connectivity index (χ0n) is 10.7. The minimum Gasteiger partial charge on any atom is -0.467 e. The highest BCUT2D eigenvalue weighted by atomic mass is 79.9. The third kappa shape index (κ3) is 3.24. The predicted molar refractivity (Wildman–Crippen MR) is 77.5 cm³/mol. The molecule has 0 aliphatic rings. The predicted octanol–water partition coefficient (Wildman–Crippen LogP) is 4.59. The summed E-state index contributed by atoms with van der Waals surface area (Å²) in [4.78, 5) is 0. The molecule has 0 fully saturated rings. The highest BCUT2D eigenvalue weighted by Crippen LogP contribution is 2.21. The number of rotatable bonds is 5. The van der Waals surface area contributed by atoms with E-state index in [-0.39, 0.29) is 0 Å². The molecule has 18 heavy (non-hydrogen) atoms. The van der Waals surface area contributed by atoms with E-state index < -0.39 is 0 Å². The summed E-state index contributed by atoms with van der Waals surface area (Å²) in [5.41, 5.74) is 2.62. The normalized spacial score (nSPS) is 12.6. The molecule has 1 aromatic carbocycles. The van der Waals surface area contributed by atoms with Crippen molar-refractivity contribution in [3.8, 4) is 0 Å². The zero-order valence-corrected chi connectivity index (χ0v) is 12.3. The first-order chi connectivity index (χ1) is 8.70. The van der Waals surface area contributed by atoms with Gasteiger partial charge in [0.25, 0.3) is 0 Å². The van der Waals surface area contributed by atoms with Gasteiger partial charge >= 0.3 is 0 Å². The number of furan rings is 1. The summed E-state index contributed by atoms with van der Waals surface area (Å²) in [6, 6.07) is 11.0. The van der Waals surface area contributed by atoms with E-state index in [1.165, 1.54) is 11.1 Å². The molecule has 2 nitrogen and oxygen atoms in total. The Hall–Kier alpha value is -1.06. The number of hydrogen-bond donors (Lipinski definition) is 1. The number of benzene rings is 1. The molecule has 1 aromatic heterocycles. The lowest BCUT2D eigenvalue weighted by atomic mass is 10.0. The van der Waals surface area contributed by atoms with Gasteiger partial charge in [-0.2, -0.15) is 0 Å². The van der Waals surface area contributed by atoms with E-state index in [2.05, 4.69) is 59.4 Å². The highest BCUT2D eigenvalue weighted by molar-refractivity contribution is 9.10. The number of hydrogen-bond acceptors (Lipinski definition) is 2. The Labute approximate surface area is 117 Å². The molecule has 0 saturated carbocycles. The molecule has 0 aliphatic heterocycles. The standard InChI is InChI=1S/C15H18BrNO/c1-3-14(12-6-4-11(2)5-7-12)17-10-15-13(16)8-9-18-15/h4-9,14,17H,3,10H2,1-2H3. The molecule has 1 atom stereocenters. The molecule has 3 heteroatoms. The molecule has 2 aromatic rings. The van der Waals surface area contributed by atoms with E-state index in [0.29, 0.717) is 6.04 Å². The summed E-state index contributed by atoms with van der Waals surface area (Å²) < 4.78 is 6.43. The maximum atomic E-state index is 5.40. The molecule has 1 unspecified atom stereocenters. The maximum absolute atomic E-state index is 5.40. The second-order valence-corrected chi connectivity index (χ2v) is 5.30. The third-order valence-electron chi connectivity index (χ3n) is 3.09. The Balaban J connectivity index is 2.01. The molecular formula is C15H18BrNO. The monoisotopic (exact) mass is 307 g/mol. The zero-order chi connectivity index (χ0) is 13.0. The minimum atomic E-state index is 0.364. The van der Waals surface area contributed by atoms with E-state index in [0.717, 1.165) is 23.2 Å². The van der Waals surface area contributed by atoms with Crippen LogP contribution < -0.4 is 5.32 Å². The summed E-state index contributed by atoms with van der Waals surface area (Å²) >= 11 is 3.47. The van der Waals surface area contributed by atoms with Gasteiger partial charge in [-0.05, 0) is 40.9 Å². The molecular weight excluding hydrogens is 290 g/mol. The van der Waals surface area contributed by atoms with Crippen molar-refractivity contribution in [2.45, 2.75) is 32.9 Å². The summed E-state index contributed by atoms with van der Waals surface area (Å²) in [6.45, 7) is 5.03. The molecule has 0 bridgehead atoms. The van der Waals surface area contributed by atoms with Crippen LogP contribution in [0.2, 0.25) is 0 Å². The largest absolute Gasteiger partial charge is 0.467 e. The highest BCUT2D eigenvalue weighted by Gasteiger charge is 2.10. The summed E-state index contributed by atoms with van der Waals surface area (Å²) in [5.74, 6) is 0.945. The Morgan fingerprint density at radius 3 is 2.50 bits per heavy atom. The van der Waals surface area contributed by atoms with Gasteiger partial charge in [-0.25, -0.2) is 0 Å². The first-order valence-corrected chi connectivity index (χ1v) is 7.01. The van der Waals surface area contributed by atoms with Crippen molar-refractivity contribution >= 4 is 15.9 Å². The molecule has 0 amide bonds. The van der Waals surface area contributed by atoms with E-state index >= 15 is 0 Å². The van der Waals surface area contributed by atoms with Crippen LogP contribution in [0.5, 0.6) is 0 Å². The molecule has 1 heterocycles. The summed E-state index contributed by atoms with van der Waals surface area (Å²) in [7, 11) is 0. The second kappa shape index (κ2) is 6.21. The van der Waals surface area contributed by atoms with Gasteiger partial charge in [-0.15, -0.1) is 0 Å². The Morgan fingerprint density at radius 2 is 1.94 bits per heavy atom. The second-order valence-electron chi connectivity index (χ2n) is 4.44. The summed E-state index contributed by atoms with van der Waals surface area (Å²) in [6.07, 6.45) is 2.76. The van der Waals surface area contributed by atoms with Crippen LogP contribution in [0.25, 0.3) is 0 Å². The molecule has 2 rings (SSSR count). The van der Waals surface area contributed by atoms with Gasteiger partial charge in [0.15, 0.2) is 0 Å².